The summed E-state index contributed by atoms with van der Waals surface area (Å²) in [6.45, 7) is 1.39. The predicted octanol–water partition coefficient (Wildman–Crippen LogP) is 3.84. The number of hydrogen-bond donors (Lipinski definition) is 2. The second kappa shape index (κ2) is 7.17. The Morgan fingerprint density at radius 1 is 1.14 bits per heavy atom. The summed E-state index contributed by atoms with van der Waals surface area (Å²) >= 11 is 3.15. The summed E-state index contributed by atoms with van der Waals surface area (Å²) in [7, 11) is 0. The highest BCUT2D eigenvalue weighted by Crippen LogP contribution is 2.19. The maximum absolute atomic E-state index is 13.6. The first-order chi connectivity index (χ1) is 10.5. The van der Waals surface area contributed by atoms with Crippen molar-refractivity contribution >= 4 is 39.0 Å². The first-order valence-electron chi connectivity index (χ1n) is 6.56. The number of ketones is 1. The second-order valence-corrected chi connectivity index (χ2v) is 5.54. The number of carbonyl (C=O) groups excluding carboxylic acids is 2. The molecule has 0 aromatic heterocycles. The Labute approximate surface area is 135 Å². The van der Waals surface area contributed by atoms with E-state index in [0.29, 0.717) is 15.7 Å². The van der Waals surface area contributed by atoms with E-state index in [2.05, 4.69) is 26.6 Å². The molecule has 114 valence electrons. The molecule has 2 rings (SSSR count). The minimum atomic E-state index is -0.521. The van der Waals surface area contributed by atoms with Gasteiger partial charge >= 0.3 is 0 Å². The molecular weight excluding hydrogens is 351 g/mol. The molecule has 0 aliphatic carbocycles. The minimum absolute atomic E-state index is 0.0696. The van der Waals surface area contributed by atoms with E-state index in [1.807, 2.05) is 0 Å². The predicted molar refractivity (Wildman–Crippen MR) is 87.7 cm³/mol. The average Bonchev–Trinajstić information content (AvgIpc) is 2.48. The van der Waals surface area contributed by atoms with Gasteiger partial charge in [-0.05, 0) is 37.3 Å². The Morgan fingerprint density at radius 2 is 1.86 bits per heavy atom. The van der Waals surface area contributed by atoms with Gasteiger partial charge in [-0.15, -0.1) is 0 Å². The van der Waals surface area contributed by atoms with E-state index in [-0.39, 0.29) is 18.0 Å². The summed E-state index contributed by atoms with van der Waals surface area (Å²) in [6, 6.07) is 11.3. The summed E-state index contributed by atoms with van der Waals surface area (Å²) in [5, 5.41) is 5.36. The van der Waals surface area contributed by atoms with E-state index < -0.39 is 11.7 Å². The van der Waals surface area contributed by atoms with Gasteiger partial charge in [0.2, 0.25) is 5.91 Å². The Kier molecular flexibility index (Phi) is 5.27. The fourth-order valence-electron chi connectivity index (χ4n) is 1.91. The molecular formula is C16H14BrFN2O2. The zero-order valence-corrected chi connectivity index (χ0v) is 13.4. The third-order valence-electron chi connectivity index (χ3n) is 2.95. The lowest BCUT2D eigenvalue weighted by Gasteiger charge is -2.11. The highest BCUT2D eigenvalue weighted by atomic mass is 79.9. The molecule has 0 atom stereocenters. The van der Waals surface area contributed by atoms with Gasteiger partial charge in [-0.2, -0.15) is 0 Å². The van der Waals surface area contributed by atoms with Gasteiger partial charge in [-0.25, -0.2) is 4.39 Å². The Bertz CT molecular complexity index is 719. The number of Topliss-reactive ketones (excluding diaryl/α,β-unsaturated/α-hetero) is 1. The van der Waals surface area contributed by atoms with Crippen molar-refractivity contribution in [2.75, 3.05) is 17.2 Å². The zero-order chi connectivity index (χ0) is 16.1. The van der Waals surface area contributed by atoms with Crippen molar-refractivity contribution in [2.45, 2.75) is 6.92 Å². The van der Waals surface area contributed by atoms with Crippen LogP contribution in [0.25, 0.3) is 0 Å². The van der Waals surface area contributed by atoms with E-state index >= 15 is 0 Å². The molecule has 22 heavy (non-hydrogen) atoms. The first kappa shape index (κ1) is 16.2. The fraction of sp³-hybridized carbons (Fsp3) is 0.125. The quantitative estimate of drug-likeness (QED) is 0.792. The summed E-state index contributed by atoms with van der Waals surface area (Å²) in [4.78, 5) is 23.4. The molecule has 0 saturated carbocycles. The van der Waals surface area contributed by atoms with Crippen LogP contribution in [0, 0.1) is 5.82 Å². The van der Waals surface area contributed by atoms with Gasteiger partial charge in [0, 0.05) is 15.7 Å². The maximum Gasteiger partial charge on any atom is 0.243 e. The number of halogens is 2. The van der Waals surface area contributed by atoms with Gasteiger partial charge in [-0.1, -0.05) is 28.1 Å². The lowest BCUT2D eigenvalue weighted by Crippen LogP contribution is -2.23. The second-order valence-electron chi connectivity index (χ2n) is 4.63. The number of hydrogen-bond acceptors (Lipinski definition) is 3. The molecule has 4 nitrogen and oxygen atoms in total. The van der Waals surface area contributed by atoms with Gasteiger partial charge in [0.25, 0.3) is 0 Å². The SMILES string of the molecule is CC(=O)c1ccccc1NCC(=O)Nc1ccc(Br)cc1F. The van der Waals surface area contributed by atoms with Crippen LogP contribution >= 0.6 is 15.9 Å². The molecule has 0 heterocycles. The van der Waals surface area contributed by atoms with Gasteiger partial charge in [0.1, 0.15) is 5.82 Å². The van der Waals surface area contributed by atoms with Gasteiger partial charge in [-0.3, -0.25) is 9.59 Å². The molecule has 2 N–H and O–H groups in total. The molecule has 0 unspecified atom stereocenters. The van der Waals surface area contributed by atoms with Gasteiger partial charge in [0.05, 0.1) is 12.2 Å². The van der Waals surface area contributed by atoms with Crippen LogP contribution in [0.3, 0.4) is 0 Å². The van der Waals surface area contributed by atoms with Gasteiger partial charge in [0.15, 0.2) is 5.78 Å². The van der Waals surface area contributed by atoms with Crippen molar-refractivity contribution in [1.82, 2.24) is 0 Å². The molecule has 0 aliphatic rings. The summed E-state index contributed by atoms with van der Waals surface area (Å²) in [5.74, 6) is -1.02. The summed E-state index contributed by atoms with van der Waals surface area (Å²) in [6.07, 6.45) is 0. The van der Waals surface area contributed by atoms with E-state index in [4.69, 9.17) is 0 Å². The smallest absolute Gasteiger partial charge is 0.243 e. The van der Waals surface area contributed by atoms with Crippen molar-refractivity contribution < 1.29 is 14.0 Å². The van der Waals surface area contributed by atoms with Crippen molar-refractivity contribution in [3.8, 4) is 0 Å². The lowest BCUT2D eigenvalue weighted by atomic mass is 10.1. The third-order valence-corrected chi connectivity index (χ3v) is 3.44. The monoisotopic (exact) mass is 364 g/mol. The number of rotatable bonds is 5. The first-order valence-corrected chi connectivity index (χ1v) is 7.35. The molecule has 0 radical (unpaired) electrons. The lowest BCUT2D eigenvalue weighted by molar-refractivity contribution is -0.114. The average molecular weight is 365 g/mol. The highest BCUT2D eigenvalue weighted by Gasteiger charge is 2.10. The van der Waals surface area contributed by atoms with E-state index in [1.165, 1.54) is 19.1 Å². The van der Waals surface area contributed by atoms with Gasteiger partial charge < -0.3 is 10.6 Å². The van der Waals surface area contributed by atoms with E-state index in [0.717, 1.165) is 0 Å². The van der Waals surface area contributed by atoms with E-state index in [9.17, 15) is 14.0 Å². The topological polar surface area (TPSA) is 58.2 Å². The third kappa shape index (κ3) is 4.14. The van der Waals surface area contributed by atoms with E-state index in [1.54, 1.807) is 30.3 Å². The van der Waals surface area contributed by atoms with Crippen molar-refractivity contribution in [1.29, 1.82) is 0 Å². The maximum atomic E-state index is 13.6. The molecule has 0 fully saturated rings. The standard InChI is InChI=1S/C16H14BrFN2O2/c1-10(21)12-4-2-3-5-14(12)19-9-16(22)20-15-7-6-11(17)8-13(15)18/h2-8,19H,9H2,1H3,(H,20,22). The van der Waals surface area contributed by atoms with Crippen LogP contribution in [-0.2, 0) is 4.79 Å². The van der Waals surface area contributed by atoms with Crippen LogP contribution in [0.4, 0.5) is 15.8 Å². The van der Waals surface area contributed by atoms with Crippen LogP contribution in [-0.4, -0.2) is 18.2 Å². The molecule has 0 saturated heterocycles. The molecule has 0 spiro atoms. The van der Waals surface area contributed by atoms with Crippen LogP contribution in [0.2, 0.25) is 0 Å². The summed E-state index contributed by atoms with van der Waals surface area (Å²) in [5.41, 5.74) is 1.18. The normalized spacial score (nSPS) is 10.1. The van der Waals surface area contributed by atoms with Crippen LogP contribution in [0.5, 0.6) is 0 Å². The number of anilines is 2. The number of amides is 1. The molecule has 0 aliphatic heterocycles. The highest BCUT2D eigenvalue weighted by molar-refractivity contribution is 9.10. The van der Waals surface area contributed by atoms with Crippen molar-refractivity contribution in [2.24, 2.45) is 0 Å². The molecule has 2 aromatic rings. The number of nitrogens with one attached hydrogen (secondary N) is 2. The molecule has 0 bridgehead atoms. The number of carbonyl (C=O) groups is 2. The largest absolute Gasteiger partial charge is 0.376 e. The fourth-order valence-corrected chi connectivity index (χ4v) is 2.24. The zero-order valence-electron chi connectivity index (χ0n) is 11.8. The Hall–Kier alpha value is -2.21. The van der Waals surface area contributed by atoms with Crippen LogP contribution in [0.15, 0.2) is 46.9 Å². The molecule has 1 amide bonds. The molecule has 6 heteroatoms. The Morgan fingerprint density at radius 3 is 2.55 bits per heavy atom. The molecule has 2 aromatic carbocycles. The van der Waals surface area contributed by atoms with Crippen molar-refractivity contribution in [3.63, 3.8) is 0 Å². The van der Waals surface area contributed by atoms with Crippen molar-refractivity contribution in [3.05, 3.63) is 58.3 Å². The minimum Gasteiger partial charge on any atom is -0.376 e. The number of benzene rings is 2. The Balaban J connectivity index is 2.00. The van der Waals surface area contributed by atoms with Crippen LogP contribution in [0.1, 0.15) is 17.3 Å². The number of para-hydroxylation sites is 1. The van der Waals surface area contributed by atoms with Crippen LogP contribution < -0.4 is 10.6 Å². The summed E-state index contributed by atoms with van der Waals surface area (Å²) < 4.78 is 14.2.